The number of imidazole rings is 1. The average molecular weight is 570 g/mol. The third-order valence-corrected chi connectivity index (χ3v) is 8.37. The molecule has 0 saturated carbocycles. The monoisotopic (exact) mass is 568 g/mol. The van der Waals surface area contributed by atoms with Gasteiger partial charge in [-0.25, -0.2) is 18.9 Å². The molecule has 0 aliphatic rings. The van der Waals surface area contributed by atoms with Crippen LogP contribution in [0.3, 0.4) is 0 Å². The van der Waals surface area contributed by atoms with E-state index in [-0.39, 0.29) is 4.90 Å². The number of aromatic nitrogens is 2. The fourth-order valence-corrected chi connectivity index (χ4v) is 5.79. The number of aryl methyl sites for hydroxylation is 1. The van der Waals surface area contributed by atoms with Crippen LogP contribution in [-0.2, 0) is 27.6 Å². The van der Waals surface area contributed by atoms with E-state index in [4.69, 9.17) is 4.74 Å². The quantitative estimate of drug-likeness (QED) is 0.251. The Labute approximate surface area is 211 Å². The Morgan fingerprint density at radius 3 is 2.29 bits per heavy atom. The molecular formula is C22H25BrN4O5S2. The van der Waals surface area contributed by atoms with Gasteiger partial charge in [-0.15, -0.1) is 11.8 Å². The molecule has 0 bridgehead atoms. The van der Waals surface area contributed by atoms with Crippen LogP contribution in [0.2, 0.25) is 0 Å². The summed E-state index contributed by atoms with van der Waals surface area (Å²) < 4.78 is 36.1. The highest BCUT2D eigenvalue weighted by Gasteiger charge is 2.39. The van der Waals surface area contributed by atoms with Gasteiger partial charge >= 0.3 is 0 Å². The summed E-state index contributed by atoms with van der Waals surface area (Å²) in [6.45, 7) is 3.44. The summed E-state index contributed by atoms with van der Waals surface area (Å²) in [5.74, 6) is 1.40. The van der Waals surface area contributed by atoms with E-state index in [2.05, 4.69) is 25.6 Å². The number of hydrogen-bond acceptors (Lipinski definition) is 7. The molecular weight excluding hydrogens is 544 g/mol. The number of hydroxylamine groups is 1. The SMILES string of the molecule is Cn1ccnc1CSC(C)(C)[C@@H](NS(=O)(=O)c1ccc(Oc2ccc(Br)cc2)cc1)C(=O)NO. The number of nitrogens with zero attached hydrogens (tertiary/aromatic N) is 2. The van der Waals surface area contributed by atoms with Crippen molar-refractivity contribution in [3.8, 4) is 11.5 Å². The Kier molecular flexibility index (Phi) is 8.42. The van der Waals surface area contributed by atoms with Gasteiger partial charge in [0.1, 0.15) is 23.4 Å². The molecule has 0 radical (unpaired) electrons. The zero-order valence-electron chi connectivity index (χ0n) is 18.7. The van der Waals surface area contributed by atoms with Gasteiger partial charge in [-0.1, -0.05) is 15.9 Å². The highest BCUT2D eigenvalue weighted by Crippen LogP contribution is 2.32. The van der Waals surface area contributed by atoms with Crippen molar-refractivity contribution in [3.05, 3.63) is 71.2 Å². The van der Waals surface area contributed by atoms with Crippen LogP contribution in [0, 0.1) is 0 Å². The van der Waals surface area contributed by atoms with E-state index in [0.29, 0.717) is 17.3 Å². The fraction of sp³-hybridized carbons (Fsp3) is 0.273. The normalized spacial score (nSPS) is 12.9. The molecule has 0 aliphatic carbocycles. The van der Waals surface area contributed by atoms with Gasteiger partial charge in [-0.2, -0.15) is 4.72 Å². The number of thioether (sulfide) groups is 1. The molecule has 1 aromatic heterocycles. The first kappa shape index (κ1) is 26.2. The summed E-state index contributed by atoms with van der Waals surface area (Å²) in [4.78, 5) is 16.6. The maximum absolute atomic E-state index is 13.1. The fourth-order valence-electron chi connectivity index (χ4n) is 2.99. The second kappa shape index (κ2) is 10.9. The lowest BCUT2D eigenvalue weighted by Crippen LogP contribution is -2.55. The first-order valence-electron chi connectivity index (χ1n) is 10.1. The Morgan fingerprint density at radius 2 is 1.76 bits per heavy atom. The molecule has 3 rings (SSSR count). The van der Waals surface area contributed by atoms with Crippen molar-refractivity contribution < 1.29 is 23.2 Å². The zero-order valence-corrected chi connectivity index (χ0v) is 21.9. The molecule has 1 heterocycles. The lowest BCUT2D eigenvalue weighted by Gasteiger charge is -2.32. The summed E-state index contributed by atoms with van der Waals surface area (Å²) in [7, 11) is -2.24. The maximum Gasteiger partial charge on any atom is 0.262 e. The number of rotatable bonds is 10. The average Bonchev–Trinajstić information content (AvgIpc) is 3.22. The minimum atomic E-state index is -4.09. The van der Waals surface area contributed by atoms with Crippen LogP contribution in [0.5, 0.6) is 11.5 Å². The molecule has 1 amide bonds. The number of amides is 1. The molecule has 0 unspecified atom stereocenters. The molecule has 2 aromatic carbocycles. The number of carbonyl (C=O) groups is 1. The molecule has 34 heavy (non-hydrogen) atoms. The lowest BCUT2D eigenvalue weighted by molar-refractivity contribution is -0.131. The van der Waals surface area contributed by atoms with Crippen LogP contribution >= 0.6 is 27.7 Å². The summed E-state index contributed by atoms with van der Waals surface area (Å²) in [5.41, 5.74) is 1.57. The Bertz CT molecular complexity index is 1230. The molecule has 12 heteroatoms. The number of hydrogen-bond donors (Lipinski definition) is 3. The van der Waals surface area contributed by atoms with Crippen LogP contribution in [0.15, 0.2) is 70.3 Å². The van der Waals surface area contributed by atoms with Crippen LogP contribution in [0.4, 0.5) is 0 Å². The Balaban J connectivity index is 1.75. The van der Waals surface area contributed by atoms with E-state index in [9.17, 15) is 18.4 Å². The molecule has 3 aromatic rings. The first-order valence-corrected chi connectivity index (χ1v) is 13.4. The smallest absolute Gasteiger partial charge is 0.262 e. The number of ether oxygens (including phenoxy) is 1. The van der Waals surface area contributed by atoms with Gasteiger partial charge in [-0.3, -0.25) is 10.0 Å². The number of nitrogens with one attached hydrogen (secondary N) is 2. The molecule has 182 valence electrons. The van der Waals surface area contributed by atoms with Gasteiger partial charge < -0.3 is 9.30 Å². The Hall–Kier alpha value is -2.38. The third kappa shape index (κ3) is 6.60. The second-order valence-electron chi connectivity index (χ2n) is 7.90. The topological polar surface area (TPSA) is 123 Å². The van der Waals surface area contributed by atoms with E-state index in [1.54, 1.807) is 43.9 Å². The molecule has 0 saturated heterocycles. The van der Waals surface area contributed by atoms with Gasteiger partial charge in [0.25, 0.3) is 5.91 Å². The summed E-state index contributed by atoms with van der Waals surface area (Å²) in [5, 5.41) is 9.25. The van der Waals surface area contributed by atoms with E-state index in [1.165, 1.54) is 36.0 Å². The van der Waals surface area contributed by atoms with Crippen LogP contribution in [-0.4, -0.2) is 39.9 Å². The van der Waals surface area contributed by atoms with E-state index >= 15 is 0 Å². The summed E-state index contributed by atoms with van der Waals surface area (Å²) in [6, 6.07) is 11.8. The largest absolute Gasteiger partial charge is 0.457 e. The summed E-state index contributed by atoms with van der Waals surface area (Å²) in [6.07, 6.45) is 3.46. The van der Waals surface area contributed by atoms with Gasteiger partial charge in [0.15, 0.2) is 0 Å². The van der Waals surface area contributed by atoms with Gasteiger partial charge in [-0.05, 0) is 62.4 Å². The van der Waals surface area contributed by atoms with Crippen molar-refractivity contribution in [2.75, 3.05) is 0 Å². The van der Waals surface area contributed by atoms with Crippen molar-refractivity contribution in [1.29, 1.82) is 0 Å². The van der Waals surface area contributed by atoms with E-state index in [0.717, 1.165) is 10.3 Å². The minimum absolute atomic E-state index is 0.0451. The molecule has 0 aliphatic heterocycles. The van der Waals surface area contributed by atoms with Crippen molar-refractivity contribution in [1.82, 2.24) is 19.8 Å². The standard InChI is InChI=1S/C22H25BrN4O5S2/c1-22(2,33-14-19-24-12-13-27(19)3)20(21(28)25-29)26-34(30,31)18-10-8-17(9-11-18)32-16-6-4-15(23)5-7-16/h4-13,20,26,29H,14H2,1-3H3,(H,25,28)/t20-/m0/s1. The van der Waals surface area contributed by atoms with Crippen molar-refractivity contribution in [3.63, 3.8) is 0 Å². The molecule has 1 atom stereocenters. The van der Waals surface area contributed by atoms with Crippen LogP contribution < -0.4 is 14.9 Å². The third-order valence-electron chi connectivity index (χ3n) is 5.02. The van der Waals surface area contributed by atoms with Crippen LogP contribution in [0.1, 0.15) is 19.7 Å². The molecule has 3 N–H and O–H groups in total. The highest BCUT2D eigenvalue weighted by molar-refractivity contribution is 9.10. The second-order valence-corrected chi connectivity index (χ2v) is 12.2. The number of sulfonamides is 1. The van der Waals surface area contributed by atoms with Gasteiger partial charge in [0.2, 0.25) is 10.0 Å². The summed E-state index contributed by atoms with van der Waals surface area (Å²) >= 11 is 4.69. The van der Waals surface area contributed by atoms with Crippen molar-refractivity contribution in [2.24, 2.45) is 7.05 Å². The number of halogens is 1. The lowest BCUT2D eigenvalue weighted by atomic mass is 10.0. The molecule has 9 nitrogen and oxygen atoms in total. The Morgan fingerprint density at radius 1 is 1.18 bits per heavy atom. The number of benzene rings is 2. The number of carbonyl (C=O) groups excluding carboxylic acids is 1. The molecule has 0 spiro atoms. The zero-order chi connectivity index (χ0) is 24.9. The van der Waals surface area contributed by atoms with E-state index in [1.807, 2.05) is 23.7 Å². The predicted molar refractivity (Wildman–Crippen MR) is 133 cm³/mol. The van der Waals surface area contributed by atoms with Gasteiger partial charge in [0.05, 0.1) is 10.6 Å². The maximum atomic E-state index is 13.1. The van der Waals surface area contributed by atoms with Crippen LogP contribution in [0.25, 0.3) is 0 Å². The minimum Gasteiger partial charge on any atom is -0.457 e. The van der Waals surface area contributed by atoms with E-state index < -0.39 is 26.7 Å². The highest BCUT2D eigenvalue weighted by atomic mass is 79.9. The van der Waals surface area contributed by atoms with Gasteiger partial charge in [0, 0.05) is 28.7 Å². The first-order chi connectivity index (χ1) is 16.0. The van der Waals surface area contributed by atoms with Crippen molar-refractivity contribution >= 4 is 43.6 Å². The molecule has 0 fully saturated rings. The predicted octanol–water partition coefficient (Wildman–Crippen LogP) is 3.84. The van der Waals surface area contributed by atoms with Crippen molar-refractivity contribution in [2.45, 2.75) is 35.3 Å².